The van der Waals surface area contributed by atoms with E-state index < -0.39 is 15.7 Å². The molecular formula is C19H17N5O4S2. The van der Waals surface area contributed by atoms with Crippen molar-refractivity contribution in [1.29, 1.82) is 0 Å². The van der Waals surface area contributed by atoms with Crippen molar-refractivity contribution in [3.8, 4) is 0 Å². The third-order valence-electron chi connectivity index (χ3n) is 4.27. The normalized spacial score (nSPS) is 14.3. The molecule has 11 heteroatoms. The number of oxime groups is 1. The number of nitrogens with one attached hydrogen (secondary N) is 1. The molecule has 154 valence electrons. The van der Waals surface area contributed by atoms with Crippen LogP contribution in [0, 0.1) is 0 Å². The van der Waals surface area contributed by atoms with Gasteiger partial charge in [0.2, 0.25) is 0 Å². The van der Waals surface area contributed by atoms with Crippen molar-refractivity contribution in [1.82, 2.24) is 15.0 Å². The maximum atomic E-state index is 12.8. The highest BCUT2D eigenvalue weighted by Gasteiger charge is 2.36. The molecule has 0 saturated heterocycles. The Morgan fingerprint density at radius 2 is 1.97 bits per heavy atom. The smallest absolute Gasteiger partial charge is 0.280 e. The van der Waals surface area contributed by atoms with Gasteiger partial charge in [0.1, 0.15) is 0 Å². The van der Waals surface area contributed by atoms with Crippen LogP contribution in [0.15, 0.2) is 64.5 Å². The van der Waals surface area contributed by atoms with Crippen molar-refractivity contribution in [3.63, 3.8) is 0 Å². The van der Waals surface area contributed by atoms with Crippen LogP contribution in [-0.4, -0.2) is 40.2 Å². The van der Waals surface area contributed by atoms with E-state index in [9.17, 15) is 13.2 Å². The molecule has 1 aliphatic carbocycles. The molecule has 0 unspecified atom stereocenters. The average Bonchev–Trinajstić information content (AvgIpc) is 3.51. The van der Waals surface area contributed by atoms with E-state index in [1.165, 1.54) is 42.1 Å². The summed E-state index contributed by atoms with van der Waals surface area (Å²) < 4.78 is 24.8. The Balaban J connectivity index is 1.57. The van der Waals surface area contributed by atoms with Crippen LogP contribution in [0.25, 0.3) is 0 Å². The summed E-state index contributed by atoms with van der Waals surface area (Å²) in [6, 6.07) is 6.05. The number of rotatable bonds is 8. The van der Waals surface area contributed by atoms with Gasteiger partial charge in [0.25, 0.3) is 5.91 Å². The van der Waals surface area contributed by atoms with Crippen LogP contribution in [0.4, 0.5) is 5.13 Å². The number of sulfone groups is 1. The summed E-state index contributed by atoms with van der Waals surface area (Å²) in [5.41, 5.74) is 0.953. The zero-order chi connectivity index (χ0) is 21.0. The molecule has 0 spiro atoms. The molecule has 0 aliphatic heterocycles. The van der Waals surface area contributed by atoms with Crippen LogP contribution in [0.3, 0.4) is 0 Å². The first kappa shape index (κ1) is 20.1. The van der Waals surface area contributed by atoms with E-state index in [1.54, 1.807) is 23.7 Å². The molecule has 3 aromatic rings. The fourth-order valence-corrected chi connectivity index (χ4v) is 4.79. The first-order valence-electron chi connectivity index (χ1n) is 9.04. The number of hydrogen-bond donors (Lipinski definition) is 1. The van der Waals surface area contributed by atoms with Gasteiger partial charge in [-0.25, -0.2) is 13.4 Å². The van der Waals surface area contributed by atoms with Crippen molar-refractivity contribution in [2.45, 2.75) is 29.6 Å². The number of aromatic nitrogens is 3. The van der Waals surface area contributed by atoms with Crippen molar-refractivity contribution >= 4 is 37.9 Å². The van der Waals surface area contributed by atoms with Crippen LogP contribution < -0.4 is 5.32 Å². The molecule has 2 heterocycles. The molecule has 30 heavy (non-hydrogen) atoms. The number of nitrogens with zero attached hydrogens (tertiary/aromatic N) is 4. The molecular weight excluding hydrogens is 426 g/mol. The number of amides is 1. The van der Waals surface area contributed by atoms with Crippen molar-refractivity contribution in [2.75, 3.05) is 5.32 Å². The first-order chi connectivity index (χ1) is 14.5. The largest absolute Gasteiger partial charge is 0.389 e. The predicted molar refractivity (Wildman–Crippen MR) is 111 cm³/mol. The first-order valence-corrected chi connectivity index (χ1v) is 11.5. The van der Waals surface area contributed by atoms with E-state index >= 15 is 0 Å². The molecule has 1 amide bonds. The lowest BCUT2D eigenvalue weighted by Crippen LogP contribution is -2.24. The summed E-state index contributed by atoms with van der Waals surface area (Å²) in [7, 11) is -3.32. The van der Waals surface area contributed by atoms with Gasteiger partial charge in [-0.05, 0) is 25.0 Å². The van der Waals surface area contributed by atoms with E-state index in [0.717, 1.165) is 0 Å². The van der Waals surface area contributed by atoms with Gasteiger partial charge in [-0.15, -0.1) is 11.3 Å². The summed E-state index contributed by atoms with van der Waals surface area (Å²) in [5.74, 6) is -0.526. The number of anilines is 1. The Hall–Kier alpha value is -3.18. The summed E-state index contributed by atoms with van der Waals surface area (Å²) in [5, 5.41) is 8.46. The highest BCUT2D eigenvalue weighted by Crippen LogP contribution is 2.33. The molecule has 0 bridgehead atoms. The topological polar surface area (TPSA) is 124 Å². The highest BCUT2D eigenvalue weighted by atomic mass is 32.2. The zero-order valence-electron chi connectivity index (χ0n) is 15.6. The zero-order valence-corrected chi connectivity index (χ0v) is 17.3. The molecule has 4 rings (SSSR count). The monoisotopic (exact) mass is 443 g/mol. The van der Waals surface area contributed by atoms with Gasteiger partial charge in [0.15, 0.2) is 27.3 Å². The number of thiazole rings is 1. The van der Waals surface area contributed by atoms with E-state index in [4.69, 9.17) is 4.84 Å². The number of hydrogen-bond acceptors (Lipinski definition) is 9. The van der Waals surface area contributed by atoms with Gasteiger partial charge in [-0.2, -0.15) is 0 Å². The third kappa shape index (κ3) is 4.69. The fourth-order valence-electron chi connectivity index (χ4n) is 2.61. The second-order valence-electron chi connectivity index (χ2n) is 6.47. The highest BCUT2D eigenvalue weighted by molar-refractivity contribution is 7.92. The number of benzene rings is 1. The summed E-state index contributed by atoms with van der Waals surface area (Å²) in [4.78, 5) is 30.3. The molecule has 1 saturated carbocycles. The molecule has 1 aliphatic rings. The molecule has 0 atom stereocenters. The van der Waals surface area contributed by atoms with E-state index in [1.807, 2.05) is 0 Å². The lowest BCUT2D eigenvalue weighted by Gasteiger charge is -2.08. The van der Waals surface area contributed by atoms with Gasteiger partial charge < -0.3 is 4.84 Å². The minimum Gasteiger partial charge on any atom is -0.389 e. The Kier molecular flexibility index (Phi) is 5.81. The second kappa shape index (κ2) is 8.67. The molecule has 1 N–H and O–H groups in total. The third-order valence-corrected chi connectivity index (χ3v) is 7.24. The lowest BCUT2D eigenvalue weighted by molar-refractivity contribution is -0.110. The maximum Gasteiger partial charge on any atom is 0.280 e. The maximum absolute atomic E-state index is 12.8. The summed E-state index contributed by atoms with van der Waals surface area (Å²) in [6.45, 7) is 0.0238. The predicted octanol–water partition coefficient (Wildman–Crippen LogP) is 2.43. The number of carbonyl (C=O) groups excluding carboxylic acids is 1. The minimum atomic E-state index is -3.32. The number of carbonyl (C=O) groups is 1. The lowest BCUT2D eigenvalue weighted by atomic mass is 10.1. The molecule has 0 radical (unpaired) electrons. The van der Waals surface area contributed by atoms with Gasteiger partial charge in [-0.3, -0.25) is 20.1 Å². The van der Waals surface area contributed by atoms with Crippen LogP contribution in [0.1, 0.15) is 24.1 Å². The van der Waals surface area contributed by atoms with Crippen LogP contribution >= 0.6 is 11.3 Å². The van der Waals surface area contributed by atoms with Gasteiger partial charge >= 0.3 is 0 Å². The Bertz CT molecular complexity index is 1140. The Morgan fingerprint density at radius 3 is 2.60 bits per heavy atom. The molecule has 9 nitrogen and oxygen atoms in total. The van der Waals surface area contributed by atoms with Gasteiger partial charge in [0.05, 0.1) is 22.0 Å². The molecule has 1 aromatic carbocycles. The van der Waals surface area contributed by atoms with Crippen molar-refractivity contribution in [2.24, 2.45) is 5.16 Å². The molecule has 2 aromatic heterocycles. The van der Waals surface area contributed by atoms with Crippen LogP contribution in [0.5, 0.6) is 0 Å². The van der Waals surface area contributed by atoms with Gasteiger partial charge in [0, 0.05) is 29.5 Å². The van der Waals surface area contributed by atoms with Crippen LogP contribution in [0.2, 0.25) is 0 Å². The Labute approximate surface area is 176 Å². The van der Waals surface area contributed by atoms with Gasteiger partial charge in [-0.1, -0.05) is 17.3 Å². The quantitative estimate of drug-likeness (QED) is 0.419. The summed E-state index contributed by atoms with van der Waals surface area (Å²) in [6.07, 6.45) is 7.53. The summed E-state index contributed by atoms with van der Waals surface area (Å²) >= 11 is 1.26. The van der Waals surface area contributed by atoms with Crippen LogP contribution in [-0.2, 0) is 26.1 Å². The molecule has 1 fully saturated rings. The van der Waals surface area contributed by atoms with E-state index in [0.29, 0.717) is 29.2 Å². The SMILES string of the molecule is O=C(Nc1nccs1)C(=NOCc1cnccn1)c1ccc(S(=O)(=O)C2CC2)cc1. The fraction of sp³-hybridized carbons (Fsp3) is 0.211. The second-order valence-corrected chi connectivity index (χ2v) is 9.59. The minimum absolute atomic E-state index is 0.00976. The van der Waals surface area contributed by atoms with E-state index in [2.05, 4.69) is 25.4 Å². The standard InChI is InChI=1S/C19H17N5O4S2/c25-18(23-19-22-9-10-29-19)17(24-28-12-14-11-20-7-8-21-14)13-1-3-15(4-2-13)30(26,27)16-5-6-16/h1-4,7-11,16H,5-6,12H2,(H,22,23,25). The Morgan fingerprint density at radius 1 is 1.17 bits per heavy atom. The average molecular weight is 444 g/mol. The van der Waals surface area contributed by atoms with Crippen molar-refractivity contribution in [3.05, 3.63) is 65.7 Å². The van der Waals surface area contributed by atoms with E-state index in [-0.39, 0.29) is 22.5 Å². The van der Waals surface area contributed by atoms with Crippen molar-refractivity contribution < 1.29 is 18.0 Å².